The number of fused-ring (bicyclic) bond motifs is 2. The van der Waals surface area contributed by atoms with E-state index in [1.165, 1.54) is 5.56 Å². The third-order valence-corrected chi connectivity index (χ3v) is 3.62. The van der Waals surface area contributed by atoms with Crippen molar-refractivity contribution in [3.63, 3.8) is 0 Å². The van der Waals surface area contributed by atoms with Crippen molar-refractivity contribution in [2.45, 2.75) is 13.8 Å². The summed E-state index contributed by atoms with van der Waals surface area (Å²) in [5, 5.41) is 8.91. The van der Waals surface area contributed by atoms with Gasteiger partial charge in [0.25, 0.3) is 0 Å². The van der Waals surface area contributed by atoms with E-state index < -0.39 is 0 Å². The van der Waals surface area contributed by atoms with Crippen LogP contribution < -0.4 is 0 Å². The second-order valence-electron chi connectivity index (χ2n) is 5.02. The second-order valence-corrected chi connectivity index (χ2v) is 5.02. The molecule has 0 amide bonds. The molecule has 0 unspecified atom stereocenters. The first-order chi connectivity index (χ1) is 9.72. The summed E-state index contributed by atoms with van der Waals surface area (Å²) in [6.07, 6.45) is 0. The molecule has 0 saturated carbocycles. The van der Waals surface area contributed by atoms with E-state index in [4.69, 9.17) is 9.05 Å². The smallest absolute Gasteiger partial charge is 0.138 e. The molecule has 0 aliphatic carbocycles. The van der Waals surface area contributed by atoms with Crippen molar-refractivity contribution in [1.29, 1.82) is 0 Å². The Hall–Kier alpha value is -2.62. The maximum absolute atomic E-state index is 5.94. The lowest BCUT2D eigenvalue weighted by Crippen LogP contribution is -1.83. The van der Waals surface area contributed by atoms with Gasteiger partial charge in [0.15, 0.2) is 0 Å². The zero-order chi connectivity index (χ0) is 13.7. The fourth-order valence-corrected chi connectivity index (χ4v) is 2.54. The molecule has 0 atom stereocenters. The minimum absolute atomic E-state index is 0.762. The molecule has 4 nitrogen and oxygen atoms in total. The molecule has 4 aromatic rings. The van der Waals surface area contributed by atoms with Crippen molar-refractivity contribution in [2.75, 3.05) is 0 Å². The van der Waals surface area contributed by atoms with Crippen LogP contribution in [0.2, 0.25) is 0 Å². The third kappa shape index (κ3) is 1.54. The monoisotopic (exact) mass is 264 g/mol. The minimum atomic E-state index is 0.762. The summed E-state index contributed by atoms with van der Waals surface area (Å²) >= 11 is 0. The first-order valence-electron chi connectivity index (χ1n) is 6.45. The Morgan fingerprint density at radius 3 is 2.75 bits per heavy atom. The SMILES string of the molecule is Cc1ccc2oc(-c3ccc4nonc4c3C)cc2c1. The zero-order valence-corrected chi connectivity index (χ0v) is 11.2. The fourth-order valence-electron chi connectivity index (χ4n) is 2.54. The molecule has 0 aliphatic heterocycles. The standard InChI is InChI=1S/C16H12N2O2/c1-9-3-6-14-11(7-9)8-15(19-14)12-4-5-13-16(10(12)2)18-20-17-13/h3-8H,1-2H3. The molecule has 2 aromatic carbocycles. The zero-order valence-electron chi connectivity index (χ0n) is 11.2. The molecular formula is C16H12N2O2. The van der Waals surface area contributed by atoms with Gasteiger partial charge in [-0.2, -0.15) is 0 Å². The first kappa shape index (κ1) is 11.2. The number of aryl methyl sites for hydroxylation is 2. The quantitative estimate of drug-likeness (QED) is 0.515. The van der Waals surface area contributed by atoms with Crippen LogP contribution in [-0.4, -0.2) is 10.3 Å². The second kappa shape index (κ2) is 3.93. The number of nitrogens with zero attached hydrogens (tertiary/aromatic N) is 2. The number of benzene rings is 2. The lowest BCUT2D eigenvalue weighted by molar-refractivity contribution is 0.315. The van der Waals surface area contributed by atoms with Crippen molar-refractivity contribution in [2.24, 2.45) is 0 Å². The van der Waals surface area contributed by atoms with E-state index in [1.54, 1.807) is 0 Å². The summed E-state index contributed by atoms with van der Waals surface area (Å²) in [5.41, 5.74) is 5.68. The summed E-state index contributed by atoms with van der Waals surface area (Å²) in [7, 11) is 0. The highest BCUT2D eigenvalue weighted by atomic mass is 16.6. The van der Waals surface area contributed by atoms with Gasteiger partial charge in [0, 0.05) is 10.9 Å². The van der Waals surface area contributed by atoms with E-state index in [9.17, 15) is 0 Å². The van der Waals surface area contributed by atoms with Crippen LogP contribution in [0, 0.1) is 13.8 Å². The Morgan fingerprint density at radius 1 is 0.950 bits per heavy atom. The van der Waals surface area contributed by atoms with Crippen LogP contribution in [0.15, 0.2) is 45.4 Å². The average Bonchev–Trinajstić information content (AvgIpc) is 3.04. The molecule has 4 rings (SSSR count). The maximum atomic E-state index is 5.94. The van der Waals surface area contributed by atoms with Gasteiger partial charge in [-0.3, -0.25) is 0 Å². The molecule has 2 heterocycles. The molecule has 98 valence electrons. The minimum Gasteiger partial charge on any atom is -0.456 e. The van der Waals surface area contributed by atoms with Gasteiger partial charge >= 0.3 is 0 Å². The summed E-state index contributed by atoms with van der Waals surface area (Å²) < 4.78 is 10.7. The van der Waals surface area contributed by atoms with Crippen LogP contribution in [0.25, 0.3) is 33.3 Å². The summed E-state index contributed by atoms with van der Waals surface area (Å²) in [5.74, 6) is 0.841. The van der Waals surface area contributed by atoms with Crippen LogP contribution in [0.3, 0.4) is 0 Å². The summed E-state index contributed by atoms with van der Waals surface area (Å²) in [4.78, 5) is 0. The largest absolute Gasteiger partial charge is 0.456 e. The van der Waals surface area contributed by atoms with Crippen LogP contribution in [-0.2, 0) is 0 Å². The molecule has 0 aliphatic rings. The fraction of sp³-hybridized carbons (Fsp3) is 0.125. The van der Waals surface area contributed by atoms with Gasteiger partial charge in [0.1, 0.15) is 22.4 Å². The molecule has 20 heavy (non-hydrogen) atoms. The van der Waals surface area contributed by atoms with Crippen molar-refractivity contribution >= 4 is 22.0 Å². The number of hydrogen-bond donors (Lipinski definition) is 0. The molecule has 0 radical (unpaired) electrons. The van der Waals surface area contributed by atoms with Crippen molar-refractivity contribution in [1.82, 2.24) is 10.3 Å². The average molecular weight is 264 g/mol. The Labute approximate surface area is 115 Å². The van der Waals surface area contributed by atoms with Gasteiger partial charge in [-0.25, -0.2) is 4.63 Å². The topological polar surface area (TPSA) is 52.1 Å². The summed E-state index contributed by atoms with van der Waals surface area (Å²) in [6.45, 7) is 4.07. The Morgan fingerprint density at radius 2 is 1.85 bits per heavy atom. The predicted octanol–water partition coefficient (Wildman–Crippen LogP) is 4.25. The van der Waals surface area contributed by atoms with Crippen LogP contribution >= 0.6 is 0 Å². The normalized spacial score (nSPS) is 11.5. The molecule has 0 bridgehead atoms. The number of aromatic nitrogens is 2. The third-order valence-electron chi connectivity index (χ3n) is 3.62. The van der Waals surface area contributed by atoms with E-state index >= 15 is 0 Å². The Bertz CT molecular complexity index is 934. The highest BCUT2D eigenvalue weighted by Crippen LogP contribution is 2.32. The lowest BCUT2D eigenvalue weighted by Gasteiger charge is -2.01. The van der Waals surface area contributed by atoms with E-state index in [0.29, 0.717) is 0 Å². The molecule has 2 aromatic heterocycles. The molecular weight excluding hydrogens is 252 g/mol. The maximum Gasteiger partial charge on any atom is 0.138 e. The van der Waals surface area contributed by atoms with Crippen molar-refractivity contribution < 1.29 is 9.05 Å². The van der Waals surface area contributed by atoms with Gasteiger partial charge in [-0.1, -0.05) is 11.6 Å². The highest BCUT2D eigenvalue weighted by Gasteiger charge is 2.13. The van der Waals surface area contributed by atoms with Crippen molar-refractivity contribution in [3.8, 4) is 11.3 Å². The molecule has 0 saturated heterocycles. The van der Waals surface area contributed by atoms with Crippen LogP contribution in [0.4, 0.5) is 0 Å². The first-order valence-corrected chi connectivity index (χ1v) is 6.45. The molecule has 0 fully saturated rings. The van der Waals surface area contributed by atoms with E-state index in [2.05, 4.69) is 29.4 Å². The Kier molecular flexibility index (Phi) is 2.21. The van der Waals surface area contributed by atoms with E-state index in [-0.39, 0.29) is 0 Å². The number of rotatable bonds is 1. The van der Waals surface area contributed by atoms with E-state index in [1.807, 2.05) is 31.2 Å². The highest BCUT2D eigenvalue weighted by molar-refractivity contribution is 5.88. The molecule has 0 N–H and O–H groups in total. The Balaban J connectivity index is 1.98. The number of furan rings is 1. The van der Waals surface area contributed by atoms with Gasteiger partial charge in [0.2, 0.25) is 0 Å². The molecule has 0 spiro atoms. The predicted molar refractivity (Wildman–Crippen MR) is 76.5 cm³/mol. The van der Waals surface area contributed by atoms with Gasteiger partial charge < -0.3 is 4.42 Å². The van der Waals surface area contributed by atoms with E-state index in [0.717, 1.165) is 38.9 Å². The van der Waals surface area contributed by atoms with Crippen LogP contribution in [0.5, 0.6) is 0 Å². The van der Waals surface area contributed by atoms with Crippen molar-refractivity contribution in [3.05, 3.63) is 47.5 Å². The van der Waals surface area contributed by atoms with Gasteiger partial charge in [-0.15, -0.1) is 0 Å². The van der Waals surface area contributed by atoms with Gasteiger partial charge in [-0.05, 0) is 60.1 Å². The number of hydrogen-bond acceptors (Lipinski definition) is 4. The van der Waals surface area contributed by atoms with Crippen LogP contribution in [0.1, 0.15) is 11.1 Å². The van der Waals surface area contributed by atoms with Gasteiger partial charge in [0.05, 0.1) is 0 Å². The molecule has 4 heteroatoms. The lowest BCUT2D eigenvalue weighted by atomic mass is 10.0. The summed E-state index contributed by atoms with van der Waals surface area (Å²) in [6, 6.07) is 12.1.